The Morgan fingerprint density at radius 3 is 2.61 bits per heavy atom. The Kier molecular flexibility index (Phi) is 4.08. The first-order chi connectivity index (χ1) is 10.8. The van der Waals surface area contributed by atoms with Gasteiger partial charge in [0.15, 0.2) is 0 Å². The maximum atomic E-state index is 12.8. The van der Waals surface area contributed by atoms with Gasteiger partial charge in [0.1, 0.15) is 0 Å². The van der Waals surface area contributed by atoms with E-state index in [9.17, 15) is 8.42 Å². The van der Waals surface area contributed by atoms with Gasteiger partial charge in [0.05, 0.1) is 25.8 Å². The molecule has 3 aromatic rings. The standard InChI is InChI=1S/C16H15ClN2O2S2/c1-9-8-15(10(2)7-12(9)17)23(20,21)19-14-6-4-5-13-16(14)22-11(3)18-13/h4-8,19H,1-3H3. The van der Waals surface area contributed by atoms with Gasteiger partial charge in [-0.05, 0) is 56.2 Å². The van der Waals surface area contributed by atoms with Crippen LogP contribution in [0.15, 0.2) is 35.2 Å². The first kappa shape index (κ1) is 16.2. The molecule has 0 unspecified atom stereocenters. The molecule has 120 valence electrons. The average Bonchev–Trinajstić information content (AvgIpc) is 2.84. The zero-order valence-corrected chi connectivity index (χ0v) is 15.2. The number of rotatable bonds is 3. The van der Waals surface area contributed by atoms with Gasteiger partial charge in [-0.25, -0.2) is 13.4 Å². The van der Waals surface area contributed by atoms with E-state index in [0.29, 0.717) is 16.3 Å². The normalized spacial score (nSPS) is 11.8. The third kappa shape index (κ3) is 3.06. The lowest BCUT2D eigenvalue weighted by Crippen LogP contribution is -2.14. The molecule has 1 heterocycles. The summed E-state index contributed by atoms with van der Waals surface area (Å²) < 4.78 is 29.0. The van der Waals surface area contributed by atoms with Crippen molar-refractivity contribution in [1.29, 1.82) is 0 Å². The molecule has 0 radical (unpaired) electrons. The first-order valence-corrected chi connectivity index (χ1v) is 9.61. The average molecular weight is 367 g/mol. The van der Waals surface area contributed by atoms with Gasteiger partial charge in [-0.1, -0.05) is 17.7 Å². The van der Waals surface area contributed by atoms with Crippen molar-refractivity contribution in [2.24, 2.45) is 0 Å². The molecule has 23 heavy (non-hydrogen) atoms. The Morgan fingerprint density at radius 2 is 1.87 bits per heavy atom. The van der Waals surface area contributed by atoms with Crippen LogP contribution in [0.4, 0.5) is 5.69 Å². The fourth-order valence-corrected chi connectivity index (χ4v) is 4.94. The lowest BCUT2D eigenvalue weighted by molar-refractivity contribution is 0.600. The molecule has 2 aromatic carbocycles. The zero-order chi connectivity index (χ0) is 16.8. The van der Waals surface area contributed by atoms with Gasteiger partial charge in [0.2, 0.25) is 0 Å². The van der Waals surface area contributed by atoms with Gasteiger partial charge in [0.25, 0.3) is 10.0 Å². The van der Waals surface area contributed by atoms with Gasteiger partial charge < -0.3 is 0 Å². The molecular weight excluding hydrogens is 352 g/mol. The summed E-state index contributed by atoms with van der Waals surface area (Å²) in [4.78, 5) is 4.62. The Balaban J connectivity index is 2.09. The van der Waals surface area contributed by atoms with Crippen molar-refractivity contribution in [3.8, 4) is 0 Å². The van der Waals surface area contributed by atoms with Crippen molar-refractivity contribution in [2.45, 2.75) is 25.7 Å². The zero-order valence-electron chi connectivity index (χ0n) is 12.8. The molecule has 0 bridgehead atoms. The molecule has 0 spiro atoms. The Morgan fingerprint density at radius 1 is 1.13 bits per heavy atom. The highest BCUT2D eigenvalue weighted by Gasteiger charge is 2.20. The predicted octanol–water partition coefficient (Wildman–Crippen LogP) is 4.68. The second kappa shape index (κ2) is 5.78. The van der Waals surface area contributed by atoms with Crippen molar-refractivity contribution in [3.63, 3.8) is 0 Å². The van der Waals surface area contributed by atoms with Crippen molar-refractivity contribution in [3.05, 3.63) is 51.5 Å². The third-order valence-electron chi connectivity index (χ3n) is 3.51. The number of benzene rings is 2. The molecule has 0 saturated carbocycles. The molecule has 1 aromatic heterocycles. The summed E-state index contributed by atoms with van der Waals surface area (Å²) in [6, 6.07) is 8.67. The molecule has 0 aliphatic heterocycles. The number of fused-ring (bicyclic) bond motifs is 1. The van der Waals surface area contributed by atoms with E-state index in [4.69, 9.17) is 11.6 Å². The van der Waals surface area contributed by atoms with Crippen molar-refractivity contribution in [2.75, 3.05) is 4.72 Å². The molecule has 0 aliphatic rings. The second-order valence-electron chi connectivity index (χ2n) is 5.36. The largest absolute Gasteiger partial charge is 0.278 e. The lowest BCUT2D eigenvalue weighted by atomic mass is 10.2. The summed E-state index contributed by atoms with van der Waals surface area (Å²) >= 11 is 7.52. The fraction of sp³-hybridized carbons (Fsp3) is 0.188. The van der Waals surface area contributed by atoms with E-state index >= 15 is 0 Å². The molecule has 3 rings (SSSR count). The van der Waals surface area contributed by atoms with Crippen LogP contribution in [-0.2, 0) is 10.0 Å². The Labute approximate surface area is 144 Å². The van der Waals surface area contributed by atoms with Crippen LogP contribution < -0.4 is 4.72 Å². The number of sulfonamides is 1. The van der Waals surface area contributed by atoms with Crippen LogP contribution in [0.3, 0.4) is 0 Å². The number of hydrogen-bond donors (Lipinski definition) is 1. The summed E-state index contributed by atoms with van der Waals surface area (Å²) in [5.74, 6) is 0. The van der Waals surface area contributed by atoms with Gasteiger partial charge in [0, 0.05) is 5.02 Å². The second-order valence-corrected chi connectivity index (χ2v) is 8.62. The number of anilines is 1. The van der Waals surface area contributed by atoms with E-state index in [-0.39, 0.29) is 4.90 Å². The molecule has 0 aliphatic carbocycles. The number of aromatic nitrogens is 1. The van der Waals surface area contributed by atoms with Gasteiger partial charge in [-0.3, -0.25) is 4.72 Å². The van der Waals surface area contributed by atoms with Crippen LogP contribution in [0.25, 0.3) is 10.2 Å². The van der Waals surface area contributed by atoms with Crippen LogP contribution in [0, 0.1) is 20.8 Å². The Hall–Kier alpha value is -1.63. The molecule has 1 N–H and O–H groups in total. The maximum Gasteiger partial charge on any atom is 0.262 e. The summed E-state index contributed by atoms with van der Waals surface area (Å²) in [5, 5.41) is 1.45. The minimum atomic E-state index is -3.70. The van der Waals surface area contributed by atoms with Crippen molar-refractivity contribution < 1.29 is 8.42 Å². The fourth-order valence-electron chi connectivity index (χ4n) is 2.38. The third-order valence-corrected chi connectivity index (χ3v) is 6.45. The van der Waals surface area contributed by atoms with Crippen LogP contribution in [0.1, 0.15) is 16.1 Å². The molecular formula is C16H15ClN2O2S2. The van der Waals surface area contributed by atoms with Gasteiger partial charge in [-0.15, -0.1) is 11.3 Å². The molecule has 0 atom stereocenters. The maximum absolute atomic E-state index is 12.8. The summed E-state index contributed by atoms with van der Waals surface area (Å²) in [6.45, 7) is 5.42. The quantitative estimate of drug-likeness (QED) is 0.732. The smallest absolute Gasteiger partial charge is 0.262 e. The highest BCUT2D eigenvalue weighted by atomic mass is 35.5. The van der Waals surface area contributed by atoms with E-state index < -0.39 is 10.0 Å². The minimum absolute atomic E-state index is 0.234. The molecule has 7 heteroatoms. The highest BCUT2D eigenvalue weighted by Crippen LogP contribution is 2.32. The number of nitrogens with zero attached hydrogens (tertiary/aromatic N) is 1. The number of nitrogens with one attached hydrogen (secondary N) is 1. The SMILES string of the molecule is Cc1nc2cccc(NS(=O)(=O)c3cc(C)c(Cl)cc3C)c2s1. The van der Waals surface area contributed by atoms with Crippen LogP contribution in [-0.4, -0.2) is 13.4 Å². The first-order valence-electron chi connectivity index (χ1n) is 6.93. The van der Waals surface area contributed by atoms with Gasteiger partial charge in [-0.2, -0.15) is 0 Å². The predicted molar refractivity (Wildman–Crippen MR) is 96.1 cm³/mol. The van der Waals surface area contributed by atoms with Crippen molar-refractivity contribution >= 4 is 48.9 Å². The molecule has 0 amide bonds. The number of hydrogen-bond acceptors (Lipinski definition) is 4. The number of halogens is 1. The van der Waals surface area contributed by atoms with E-state index in [1.165, 1.54) is 11.3 Å². The topological polar surface area (TPSA) is 59.1 Å². The van der Waals surface area contributed by atoms with Crippen molar-refractivity contribution in [1.82, 2.24) is 4.98 Å². The Bertz CT molecular complexity index is 1010. The van der Waals surface area contributed by atoms with Crippen LogP contribution in [0.5, 0.6) is 0 Å². The monoisotopic (exact) mass is 366 g/mol. The highest BCUT2D eigenvalue weighted by molar-refractivity contribution is 7.92. The summed E-state index contributed by atoms with van der Waals surface area (Å²) in [6.07, 6.45) is 0. The lowest BCUT2D eigenvalue weighted by Gasteiger charge is -2.12. The van der Waals surface area contributed by atoms with E-state index in [1.807, 2.05) is 13.0 Å². The molecule has 0 saturated heterocycles. The minimum Gasteiger partial charge on any atom is -0.278 e. The number of thiazole rings is 1. The van der Waals surface area contributed by atoms with Crippen LogP contribution in [0.2, 0.25) is 5.02 Å². The summed E-state index contributed by atoms with van der Waals surface area (Å²) in [7, 11) is -3.70. The van der Waals surface area contributed by atoms with Gasteiger partial charge >= 0.3 is 0 Å². The van der Waals surface area contributed by atoms with E-state index in [1.54, 1.807) is 38.1 Å². The molecule has 0 fully saturated rings. The summed E-state index contributed by atoms with van der Waals surface area (Å²) in [5.41, 5.74) is 2.67. The van der Waals surface area contributed by atoms with E-state index in [2.05, 4.69) is 9.71 Å². The van der Waals surface area contributed by atoms with E-state index in [0.717, 1.165) is 20.8 Å². The number of aryl methyl sites for hydroxylation is 3. The van der Waals surface area contributed by atoms with Crippen LogP contribution >= 0.6 is 22.9 Å². The molecule has 4 nitrogen and oxygen atoms in total.